The molecule has 0 spiro atoms. The van der Waals surface area contributed by atoms with Gasteiger partial charge in [0.1, 0.15) is 0 Å². The van der Waals surface area contributed by atoms with E-state index in [-0.39, 0.29) is 12.0 Å². The number of pyridine rings is 1. The van der Waals surface area contributed by atoms with Crippen molar-refractivity contribution in [1.82, 2.24) is 4.98 Å². The number of hydrogen-bond donors (Lipinski definition) is 1. The lowest BCUT2D eigenvalue weighted by Crippen LogP contribution is -2.25. The zero-order valence-corrected chi connectivity index (χ0v) is 12.9. The summed E-state index contributed by atoms with van der Waals surface area (Å²) in [6.07, 6.45) is 7.29. The standard InChI is InChI=1S/C17H18BrNO/c18-14-8-12(10-19-11-14)9-17(20)16-7-3-5-13-4-1-2-6-15(13)16/h1-2,4,6,8,10-11,16-17,20H,3,5,7,9H2. The lowest BCUT2D eigenvalue weighted by atomic mass is 9.78. The van der Waals surface area contributed by atoms with Crippen LogP contribution in [0.2, 0.25) is 0 Å². The molecule has 1 N–H and O–H groups in total. The number of halogens is 1. The summed E-state index contributed by atoms with van der Waals surface area (Å²) in [5, 5.41) is 10.6. The van der Waals surface area contributed by atoms with Crippen molar-refractivity contribution >= 4 is 15.9 Å². The molecule has 3 rings (SSSR count). The molecule has 0 saturated heterocycles. The van der Waals surface area contributed by atoms with Gasteiger partial charge in [0.05, 0.1) is 6.10 Å². The summed E-state index contributed by atoms with van der Waals surface area (Å²) in [7, 11) is 0. The summed E-state index contributed by atoms with van der Waals surface area (Å²) in [6.45, 7) is 0. The minimum absolute atomic E-state index is 0.249. The van der Waals surface area contributed by atoms with Crippen molar-refractivity contribution in [1.29, 1.82) is 0 Å². The predicted octanol–water partition coefficient (Wildman–Crippen LogP) is 3.87. The molecule has 20 heavy (non-hydrogen) atoms. The highest BCUT2D eigenvalue weighted by Gasteiger charge is 2.26. The van der Waals surface area contributed by atoms with E-state index in [1.54, 1.807) is 6.20 Å². The van der Waals surface area contributed by atoms with Crippen LogP contribution in [0.4, 0.5) is 0 Å². The van der Waals surface area contributed by atoms with Gasteiger partial charge in [-0.25, -0.2) is 0 Å². The molecule has 3 heteroatoms. The van der Waals surface area contributed by atoms with Crippen LogP contribution in [-0.2, 0) is 12.8 Å². The molecule has 104 valence electrons. The van der Waals surface area contributed by atoms with Crippen LogP contribution in [0.3, 0.4) is 0 Å². The zero-order chi connectivity index (χ0) is 13.9. The van der Waals surface area contributed by atoms with Crippen LogP contribution in [-0.4, -0.2) is 16.2 Å². The molecule has 0 bridgehead atoms. The van der Waals surface area contributed by atoms with Crippen molar-refractivity contribution in [3.63, 3.8) is 0 Å². The summed E-state index contributed by atoms with van der Waals surface area (Å²) in [5.41, 5.74) is 3.80. The van der Waals surface area contributed by atoms with Gasteiger partial charge in [0.15, 0.2) is 0 Å². The fourth-order valence-electron chi connectivity index (χ4n) is 3.14. The van der Waals surface area contributed by atoms with Crippen molar-refractivity contribution in [3.8, 4) is 0 Å². The Morgan fingerprint density at radius 2 is 2.15 bits per heavy atom. The molecule has 0 amide bonds. The van der Waals surface area contributed by atoms with Crippen molar-refractivity contribution in [2.75, 3.05) is 0 Å². The number of fused-ring (bicyclic) bond motifs is 1. The van der Waals surface area contributed by atoms with E-state index in [2.05, 4.69) is 45.2 Å². The first-order valence-corrected chi connectivity index (χ1v) is 7.88. The second-order valence-corrected chi connectivity index (χ2v) is 6.40. The van der Waals surface area contributed by atoms with Crippen molar-refractivity contribution < 1.29 is 5.11 Å². The zero-order valence-electron chi connectivity index (χ0n) is 11.3. The Labute approximate surface area is 128 Å². The summed E-state index contributed by atoms with van der Waals surface area (Å²) in [4.78, 5) is 4.17. The molecule has 1 aromatic carbocycles. The molecule has 1 heterocycles. The summed E-state index contributed by atoms with van der Waals surface area (Å²) < 4.78 is 0.964. The normalized spacial score (nSPS) is 19.4. The van der Waals surface area contributed by atoms with E-state index in [4.69, 9.17) is 0 Å². The minimum atomic E-state index is -0.340. The van der Waals surface area contributed by atoms with Gasteiger partial charge >= 0.3 is 0 Å². The van der Waals surface area contributed by atoms with E-state index in [9.17, 15) is 5.11 Å². The van der Waals surface area contributed by atoms with Crippen LogP contribution in [0.15, 0.2) is 47.2 Å². The van der Waals surface area contributed by atoms with Gasteiger partial charge in [-0.3, -0.25) is 4.98 Å². The fraction of sp³-hybridized carbons (Fsp3) is 0.353. The van der Waals surface area contributed by atoms with E-state index in [1.165, 1.54) is 11.1 Å². The largest absolute Gasteiger partial charge is 0.392 e. The van der Waals surface area contributed by atoms with Gasteiger partial charge in [-0.1, -0.05) is 24.3 Å². The Morgan fingerprint density at radius 1 is 1.30 bits per heavy atom. The topological polar surface area (TPSA) is 33.1 Å². The van der Waals surface area contributed by atoms with E-state index in [0.717, 1.165) is 29.3 Å². The average molecular weight is 332 g/mol. The molecule has 2 aromatic rings. The first-order chi connectivity index (χ1) is 9.74. The molecule has 0 fully saturated rings. The van der Waals surface area contributed by atoms with Crippen LogP contribution >= 0.6 is 15.9 Å². The van der Waals surface area contributed by atoms with Crippen LogP contribution in [0, 0.1) is 0 Å². The average Bonchev–Trinajstić information content (AvgIpc) is 2.46. The van der Waals surface area contributed by atoms with E-state index < -0.39 is 0 Å². The Morgan fingerprint density at radius 3 is 3.00 bits per heavy atom. The third-order valence-corrected chi connectivity index (χ3v) is 4.52. The number of hydrogen-bond acceptors (Lipinski definition) is 2. The predicted molar refractivity (Wildman–Crippen MR) is 83.8 cm³/mol. The van der Waals surface area contributed by atoms with E-state index >= 15 is 0 Å². The highest BCUT2D eigenvalue weighted by atomic mass is 79.9. The van der Waals surface area contributed by atoms with Gasteiger partial charge < -0.3 is 5.11 Å². The van der Waals surface area contributed by atoms with Gasteiger partial charge in [-0.2, -0.15) is 0 Å². The Balaban J connectivity index is 1.80. The van der Waals surface area contributed by atoms with Crippen molar-refractivity contribution in [2.24, 2.45) is 0 Å². The number of aliphatic hydroxyl groups excluding tert-OH is 1. The SMILES string of the molecule is OC(Cc1cncc(Br)c1)C1CCCc2ccccc21. The molecule has 1 aromatic heterocycles. The molecule has 0 saturated carbocycles. The summed E-state index contributed by atoms with van der Waals surface area (Å²) >= 11 is 3.43. The third-order valence-electron chi connectivity index (χ3n) is 4.09. The van der Waals surface area contributed by atoms with Crippen LogP contribution in [0.25, 0.3) is 0 Å². The van der Waals surface area contributed by atoms with Gasteiger partial charge in [0.25, 0.3) is 0 Å². The smallest absolute Gasteiger partial charge is 0.0649 e. The maximum absolute atomic E-state index is 10.6. The van der Waals surface area contributed by atoms with Gasteiger partial charge in [-0.15, -0.1) is 0 Å². The highest BCUT2D eigenvalue weighted by Crippen LogP contribution is 2.35. The van der Waals surface area contributed by atoms with Crippen LogP contribution in [0.5, 0.6) is 0 Å². The summed E-state index contributed by atoms with van der Waals surface area (Å²) in [5.74, 6) is 0.249. The number of rotatable bonds is 3. The number of aliphatic hydroxyl groups is 1. The number of benzene rings is 1. The van der Waals surface area contributed by atoms with Gasteiger partial charge in [0.2, 0.25) is 0 Å². The molecule has 2 unspecified atom stereocenters. The van der Waals surface area contributed by atoms with Crippen molar-refractivity contribution in [3.05, 3.63) is 63.9 Å². The minimum Gasteiger partial charge on any atom is -0.392 e. The number of aromatic nitrogens is 1. The first-order valence-electron chi connectivity index (χ1n) is 7.09. The molecule has 2 nitrogen and oxygen atoms in total. The van der Waals surface area contributed by atoms with Crippen molar-refractivity contribution in [2.45, 2.75) is 37.7 Å². The lowest BCUT2D eigenvalue weighted by molar-refractivity contribution is 0.134. The van der Waals surface area contributed by atoms with E-state index in [1.807, 2.05) is 12.3 Å². The molecule has 1 aliphatic carbocycles. The maximum Gasteiger partial charge on any atom is 0.0649 e. The molecule has 2 atom stereocenters. The van der Waals surface area contributed by atoms with Gasteiger partial charge in [0, 0.05) is 29.2 Å². The molecule has 1 aliphatic rings. The monoisotopic (exact) mass is 331 g/mol. The lowest BCUT2D eigenvalue weighted by Gasteiger charge is -2.29. The second-order valence-electron chi connectivity index (χ2n) is 5.48. The summed E-state index contributed by atoms with van der Waals surface area (Å²) in [6, 6.07) is 10.6. The Hall–Kier alpha value is -1.19. The number of nitrogens with zero attached hydrogens (tertiary/aromatic N) is 1. The Kier molecular flexibility index (Phi) is 4.18. The number of aryl methyl sites for hydroxylation is 1. The molecule has 0 radical (unpaired) electrons. The van der Waals surface area contributed by atoms with Crippen LogP contribution < -0.4 is 0 Å². The second kappa shape index (κ2) is 6.06. The highest BCUT2D eigenvalue weighted by molar-refractivity contribution is 9.10. The van der Waals surface area contributed by atoms with Crippen LogP contribution in [0.1, 0.15) is 35.4 Å². The maximum atomic E-state index is 10.6. The Bertz CT molecular complexity index is 599. The fourth-order valence-corrected chi connectivity index (χ4v) is 3.55. The molecule has 0 aliphatic heterocycles. The quantitative estimate of drug-likeness (QED) is 0.926. The van der Waals surface area contributed by atoms with Gasteiger partial charge in [-0.05, 0) is 57.9 Å². The molecular weight excluding hydrogens is 314 g/mol. The first kappa shape index (κ1) is 13.8. The third kappa shape index (κ3) is 2.94. The molecular formula is C17H18BrNO. The van der Waals surface area contributed by atoms with E-state index in [0.29, 0.717) is 6.42 Å².